The molecule has 0 fully saturated rings. The molecule has 3 N–H and O–H groups in total. The summed E-state index contributed by atoms with van der Waals surface area (Å²) in [6.45, 7) is 2.03. The number of amides is 1. The molecule has 0 unspecified atom stereocenters. The third kappa shape index (κ3) is 4.89. The Morgan fingerprint density at radius 1 is 1.23 bits per heavy atom. The number of nitrogens with one attached hydrogen (secondary N) is 2. The van der Waals surface area contributed by atoms with Gasteiger partial charge in [-0.1, -0.05) is 57.5 Å². The van der Waals surface area contributed by atoms with E-state index >= 15 is 0 Å². The van der Waals surface area contributed by atoms with Crippen molar-refractivity contribution in [1.29, 1.82) is 0 Å². The third-order valence-corrected chi connectivity index (χ3v) is 6.21. The lowest BCUT2D eigenvalue weighted by atomic mass is 10.1. The molecule has 0 saturated carbocycles. The van der Waals surface area contributed by atoms with E-state index in [4.69, 9.17) is 0 Å². The molecule has 2 aromatic heterocycles. The number of phenols is 1. The standard InChI is InChI=1S/C20H16BrN5O2S2/c1-11-2-4-12(5-3-11)15-9-29-19(22-15)23-17(28)10-30-20-24-18(25-26-20)14-8-13(21)6-7-16(14)27/h2-9,27H,10H2,1H3,(H,22,23,28)(H,24,25,26). The first-order valence-electron chi connectivity index (χ1n) is 8.84. The third-order valence-electron chi connectivity index (χ3n) is 4.11. The van der Waals surface area contributed by atoms with E-state index in [-0.39, 0.29) is 17.4 Å². The first-order valence-corrected chi connectivity index (χ1v) is 11.5. The van der Waals surface area contributed by atoms with Crippen LogP contribution in [0.3, 0.4) is 0 Å². The van der Waals surface area contributed by atoms with E-state index in [2.05, 4.69) is 41.4 Å². The zero-order valence-electron chi connectivity index (χ0n) is 15.7. The maximum Gasteiger partial charge on any atom is 0.236 e. The van der Waals surface area contributed by atoms with E-state index in [0.29, 0.717) is 21.7 Å². The van der Waals surface area contributed by atoms with Gasteiger partial charge in [-0.25, -0.2) is 9.97 Å². The highest BCUT2D eigenvalue weighted by atomic mass is 79.9. The minimum Gasteiger partial charge on any atom is -0.507 e. The Morgan fingerprint density at radius 2 is 2.03 bits per heavy atom. The van der Waals surface area contributed by atoms with Crippen LogP contribution in [0.2, 0.25) is 0 Å². The molecule has 0 bridgehead atoms. The van der Waals surface area contributed by atoms with Crippen LogP contribution < -0.4 is 5.32 Å². The van der Waals surface area contributed by atoms with Crippen LogP contribution in [0, 0.1) is 6.92 Å². The number of carbonyl (C=O) groups is 1. The summed E-state index contributed by atoms with van der Waals surface area (Å²) >= 11 is 5.94. The van der Waals surface area contributed by atoms with Crippen LogP contribution in [-0.2, 0) is 4.79 Å². The van der Waals surface area contributed by atoms with Gasteiger partial charge in [-0.3, -0.25) is 9.89 Å². The lowest BCUT2D eigenvalue weighted by Gasteiger charge is -2.01. The first kappa shape index (κ1) is 20.6. The second kappa shape index (κ2) is 8.99. The zero-order chi connectivity index (χ0) is 21.1. The summed E-state index contributed by atoms with van der Waals surface area (Å²) in [7, 11) is 0. The van der Waals surface area contributed by atoms with E-state index in [1.54, 1.807) is 18.2 Å². The number of thioether (sulfide) groups is 1. The zero-order valence-corrected chi connectivity index (χ0v) is 18.9. The minimum atomic E-state index is -0.193. The molecule has 0 aliphatic carbocycles. The van der Waals surface area contributed by atoms with Gasteiger partial charge in [0.15, 0.2) is 11.0 Å². The highest BCUT2D eigenvalue weighted by molar-refractivity contribution is 9.10. The van der Waals surface area contributed by atoms with Gasteiger partial charge < -0.3 is 10.4 Å². The SMILES string of the molecule is Cc1ccc(-c2csc(NC(=O)CSc3n[nH]c(-c4cc(Br)ccc4O)n3)n2)cc1. The van der Waals surface area contributed by atoms with Crippen LogP contribution in [0.25, 0.3) is 22.6 Å². The van der Waals surface area contributed by atoms with Crippen molar-refractivity contribution in [2.75, 3.05) is 11.1 Å². The molecule has 0 saturated heterocycles. The van der Waals surface area contributed by atoms with Crippen LogP contribution in [0.5, 0.6) is 5.75 Å². The van der Waals surface area contributed by atoms with Crippen molar-refractivity contribution in [2.45, 2.75) is 12.1 Å². The minimum absolute atomic E-state index is 0.0943. The second-order valence-electron chi connectivity index (χ2n) is 6.37. The van der Waals surface area contributed by atoms with E-state index < -0.39 is 0 Å². The summed E-state index contributed by atoms with van der Waals surface area (Å²) < 4.78 is 0.814. The van der Waals surface area contributed by atoms with Gasteiger partial charge in [0.2, 0.25) is 11.1 Å². The first-order chi connectivity index (χ1) is 14.5. The molecule has 0 spiro atoms. The summed E-state index contributed by atoms with van der Waals surface area (Å²) in [6, 6.07) is 13.1. The van der Waals surface area contributed by atoms with Crippen molar-refractivity contribution in [2.24, 2.45) is 0 Å². The number of anilines is 1. The topological polar surface area (TPSA) is 104 Å². The van der Waals surface area contributed by atoms with Gasteiger partial charge in [-0.05, 0) is 25.1 Å². The molecule has 10 heteroatoms. The van der Waals surface area contributed by atoms with Crippen molar-refractivity contribution < 1.29 is 9.90 Å². The number of hydrogen-bond acceptors (Lipinski definition) is 7. The van der Waals surface area contributed by atoms with Gasteiger partial charge in [-0.2, -0.15) is 0 Å². The van der Waals surface area contributed by atoms with Gasteiger partial charge in [0.05, 0.1) is 17.0 Å². The van der Waals surface area contributed by atoms with Crippen LogP contribution in [-0.4, -0.2) is 36.9 Å². The fourth-order valence-corrected chi connectivity index (χ4v) is 4.30. The fraction of sp³-hybridized carbons (Fsp3) is 0.100. The van der Waals surface area contributed by atoms with Gasteiger partial charge in [0, 0.05) is 15.4 Å². The van der Waals surface area contributed by atoms with Crippen molar-refractivity contribution in [3.8, 4) is 28.4 Å². The lowest BCUT2D eigenvalue weighted by molar-refractivity contribution is -0.113. The average Bonchev–Trinajstić information content (AvgIpc) is 3.39. The molecular weight excluding hydrogens is 486 g/mol. The van der Waals surface area contributed by atoms with Gasteiger partial charge in [-0.15, -0.1) is 16.4 Å². The number of benzene rings is 2. The Morgan fingerprint density at radius 3 is 2.83 bits per heavy atom. The largest absolute Gasteiger partial charge is 0.507 e. The number of H-pyrrole nitrogens is 1. The average molecular weight is 502 g/mol. The predicted octanol–water partition coefficient (Wildman–Crippen LogP) is 5.10. The Hall–Kier alpha value is -2.69. The summed E-state index contributed by atoms with van der Waals surface area (Å²) in [5, 5.41) is 22.6. The molecule has 0 aliphatic heterocycles. The number of aromatic hydroxyl groups is 1. The molecule has 4 aromatic rings. The second-order valence-corrected chi connectivity index (χ2v) is 9.09. The summed E-state index contributed by atoms with van der Waals surface area (Å²) in [6.07, 6.45) is 0. The van der Waals surface area contributed by atoms with Crippen molar-refractivity contribution in [1.82, 2.24) is 20.2 Å². The van der Waals surface area contributed by atoms with Gasteiger partial charge >= 0.3 is 0 Å². The molecule has 0 atom stereocenters. The number of nitrogens with zero attached hydrogens (tertiary/aromatic N) is 3. The fourth-order valence-electron chi connectivity index (χ4n) is 2.60. The number of aryl methyl sites for hydroxylation is 1. The maximum atomic E-state index is 12.3. The van der Waals surface area contributed by atoms with Gasteiger partial charge in [0.25, 0.3) is 0 Å². The smallest absolute Gasteiger partial charge is 0.236 e. The Balaban J connectivity index is 1.35. The summed E-state index contributed by atoms with van der Waals surface area (Å²) in [5.74, 6) is 0.471. The number of aromatic amines is 1. The van der Waals surface area contributed by atoms with Gasteiger partial charge in [0.1, 0.15) is 5.75 Å². The molecule has 0 aliphatic rings. The van der Waals surface area contributed by atoms with E-state index in [9.17, 15) is 9.90 Å². The number of thiazole rings is 1. The number of hydrogen-bond donors (Lipinski definition) is 3. The van der Waals surface area contributed by atoms with Crippen LogP contribution in [0.1, 0.15) is 5.56 Å². The van der Waals surface area contributed by atoms with E-state index in [0.717, 1.165) is 15.7 Å². The quantitative estimate of drug-likeness (QED) is 0.317. The molecule has 2 aromatic carbocycles. The van der Waals surface area contributed by atoms with Crippen molar-refractivity contribution in [3.05, 3.63) is 57.9 Å². The molecule has 152 valence electrons. The van der Waals surface area contributed by atoms with Crippen molar-refractivity contribution >= 4 is 50.1 Å². The molecule has 0 radical (unpaired) electrons. The molecule has 7 nitrogen and oxygen atoms in total. The van der Waals surface area contributed by atoms with Crippen LogP contribution in [0.15, 0.2) is 57.5 Å². The highest BCUT2D eigenvalue weighted by Crippen LogP contribution is 2.30. The number of phenolic OH excluding ortho intramolecular Hbond substituents is 1. The van der Waals surface area contributed by atoms with E-state index in [1.807, 2.05) is 36.6 Å². The monoisotopic (exact) mass is 501 g/mol. The van der Waals surface area contributed by atoms with Crippen molar-refractivity contribution in [3.63, 3.8) is 0 Å². The Labute approximate surface area is 189 Å². The summed E-state index contributed by atoms with van der Waals surface area (Å²) in [4.78, 5) is 21.1. The number of halogens is 1. The number of aromatic nitrogens is 4. The lowest BCUT2D eigenvalue weighted by Crippen LogP contribution is -2.13. The Kier molecular flexibility index (Phi) is 6.16. The molecule has 4 rings (SSSR count). The van der Waals surface area contributed by atoms with Crippen LogP contribution in [0.4, 0.5) is 5.13 Å². The maximum absolute atomic E-state index is 12.3. The number of carbonyl (C=O) groups excluding carboxylic acids is 1. The Bertz CT molecular complexity index is 1190. The molecule has 2 heterocycles. The number of rotatable bonds is 6. The molecule has 30 heavy (non-hydrogen) atoms. The highest BCUT2D eigenvalue weighted by Gasteiger charge is 2.13. The van der Waals surface area contributed by atoms with E-state index in [1.165, 1.54) is 28.7 Å². The van der Waals surface area contributed by atoms with Crippen LogP contribution >= 0.6 is 39.0 Å². The summed E-state index contributed by atoms with van der Waals surface area (Å²) in [5.41, 5.74) is 3.55. The normalized spacial score (nSPS) is 10.9. The predicted molar refractivity (Wildman–Crippen MR) is 123 cm³/mol. The molecule has 1 amide bonds. The molecular formula is C20H16BrN5O2S2.